The van der Waals surface area contributed by atoms with E-state index in [2.05, 4.69) is 41.7 Å². The van der Waals surface area contributed by atoms with Crippen molar-refractivity contribution in [1.29, 1.82) is 0 Å². The SMILES string of the molecule is O=C1O[C@@H]2C[C@@]3(C(=O)NCCO)[C@H](ON(Cc4cccc(C=CC5CCC6OC6C5)c4)[C@@H]13)[C@H]1OC3(Cc4ccccc4C3)O[C@H]12. The molecule has 10 nitrogen and oxygen atoms in total. The molecule has 10 heteroatoms. The van der Waals surface area contributed by atoms with Crippen molar-refractivity contribution in [2.75, 3.05) is 13.2 Å². The Morgan fingerprint density at radius 1 is 1.02 bits per heavy atom. The van der Waals surface area contributed by atoms with E-state index in [4.69, 9.17) is 23.8 Å². The zero-order chi connectivity index (χ0) is 30.3. The van der Waals surface area contributed by atoms with Crippen LogP contribution in [0.2, 0.25) is 0 Å². The molecular formula is C35H38N2O8. The van der Waals surface area contributed by atoms with E-state index in [9.17, 15) is 14.7 Å². The monoisotopic (exact) mass is 614 g/mol. The molecule has 2 aromatic rings. The lowest BCUT2D eigenvalue weighted by molar-refractivity contribution is -0.217. The summed E-state index contributed by atoms with van der Waals surface area (Å²) in [6, 6.07) is 15.4. The molecule has 0 radical (unpaired) electrons. The highest BCUT2D eigenvalue weighted by molar-refractivity contribution is 5.93. The van der Waals surface area contributed by atoms with Crippen LogP contribution in [0.5, 0.6) is 0 Å². The van der Waals surface area contributed by atoms with E-state index in [0.29, 0.717) is 31.0 Å². The van der Waals surface area contributed by atoms with E-state index in [1.165, 1.54) is 11.1 Å². The van der Waals surface area contributed by atoms with Gasteiger partial charge in [-0.1, -0.05) is 60.7 Å². The normalized spacial score (nSPS) is 38.6. The summed E-state index contributed by atoms with van der Waals surface area (Å²) in [5.41, 5.74) is 3.10. The Kier molecular flexibility index (Phi) is 6.53. The fraction of sp³-hybridized carbons (Fsp3) is 0.543. The Morgan fingerprint density at radius 3 is 2.64 bits per heavy atom. The van der Waals surface area contributed by atoms with Crippen molar-refractivity contribution in [2.45, 2.75) is 93.5 Å². The number of hydroxylamine groups is 2. The van der Waals surface area contributed by atoms with E-state index in [1.807, 2.05) is 24.3 Å². The number of ether oxygens (including phenoxy) is 4. The lowest BCUT2D eigenvalue weighted by Gasteiger charge is -2.48. The molecule has 4 aliphatic heterocycles. The number of hydrogen-bond acceptors (Lipinski definition) is 9. The second-order valence-electron chi connectivity index (χ2n) is 13.8. The van der Waals surface area contributed by atoms with Crippen molar-refractivity contribution in [1.82, 2.24) is 10.4 Å². The van der Waals surface area contributed by atoms with Crippen LogP contribution in [0.1, 0.15) is 47.9 Å². The van der Waals surface area contributed by atoms with Crippen LogP contribution in [-0.4, -0.2) is 83.7 Å². The number of allylic oxidation sites excluding steroid dienone is 1. The van der Waals surface area contributed by atoms with Crippen molar-refractivity contribution < 1.29 is 38.5 Å². The van der Waals surface area contributed by atoms with Gasteiger partial charge in [-0.25, -0.2) is 0 Å². The number of carbonyl (C=O) groups is 2. The van der Waals surface area contributed by atoms with Crippen molar-refractivity contribution in [3.8, 4) is 0 Å². The average molecular weight is 615 g/mol. The first-order valence-electron chi connectivity index (χ1n) is 16.3. The van der Waals surface area contributed by atoms with Gasteiger partial charge in [0, 0.05) is 25.8 Å². The number of amides is 1. The molecule has 3 aliphatic carbocycles. The molecule has 1 spiro atoms. The summed E-state index contributed by atoms with van der Waals surface area (Å²) >= 11 is 0. The average Bonchev–Trinajstić information content (AvgIpc) is 3.39. The standard InChI is InChI=1S/C35H38N2O8/c38-13-12-36-33(40)35-18-27-28-29(44-34(43-28)16-23-6-1-2-7-24(23)17-34)31(35)45-37(30(35)32(39)42-27)19-22-5-3-4-20(14-22)8-9-21-10-11-25-26(15-21)41-25/h1-9,14,21,25-31,38H,10-13,15-19H2,(H,36,40)/t21?,25?,26?,27-,28+,29+,30+,31-,35+/m1/s1. The van der Waals surface area contributed by atoms with Gasteiger partial charge < -0.3 is 29.4 Å². The molecule has 3 unspecified atom stereocenters. The number of nitrogens with one attached hydrogen (secondary N) is 1. The number of hydrogen-bond donors (Lipinski definition) is 2. The van der Waals surface area contributed by atoms with Gasteiger partial charge in [0.15, 0.2) is 11.8 Å². The van der Waals surface area contributed by atoms with E-state index in [-0.39, 0.29) is 32.0 Å². The van der Waals surface area contributed by atoms with Gasteiger partial charge in [0.05, 0.1) is 25.4 Å². The first kappa shape index (κ1) is 28.1. The summed E-state index contributed by atoms with van der Waals surface area (Å²) in [6.07, 6.45) is 7.55. The number of aliphatic hydroxyl groups excluding tert-OH is 1. The van der Waals surface area contributed by atoms with Gasteiger partial charge >= 0.3 is 5.97 Å². The van der Waals surface area contributed by atoms with Crippen molar-refractivity contribution >= 4 is 18.0 Å². The molecule has 9 atom stereocenters. The summed E-state index contributed by atoms with van der Waals surface area (Å²) < 4.78 is 25.2. The lowest BCUT2D eigenvalue weighted by Crippen LogP contribution is -2.69. The molecule has 236 valence electrons. The Balaban J connectivity index is 1.01. The van der Waals surface area contributed by atoms with Gasteiger partial charge in [-0.15, -0.1) is 0 Å². The van der Waals surface area contributed by atoms with Crippen LogP contribution in [0, 0.1) is 11.3 Å². The van der Waals surface area contributed by atoms with E-state index in [1.54, 1.807) is 5.06 Å². The minimum absolute atomic E-state index is 0.0767. The largest absolute Gasteiger partial charge is 0.458 e. The van der Waals surface area contributed by atoms with Gasteiger partial charge in [0.2, 0.25) is 5.91 Å². The van der Waals surface area contributed by atoms with Crippen molar-refractivity contribution in [3.63, 3.8) is 0 Å². The fourth-order valence-corrected chi connectivity index (χ4v) is 8.93. The number of epoxide rings is 1. The minimum atomic E-state index is -1.25. The Bertz CT molecular complexity index is 1540. The molecule has 2 aromatic carbocycles. The third kappa shape index (κ3) is 4.52. The maximum Gasteiger partial charge on any atom is 0.327 e. The number of nitrogens with zero attached hydrogens (tertiary/aromatic N) is 1. The smallest absolute Gasteiger partial charge is 0.327 e. The summed E-state index contributed by atoms with van der Waals surface area (Å²) in [4.78, 5) is 34.5. The third-order valence-electron chi connectivity index (χ3n) is 11.0. The van der Waals surface area contributed by atoms with Crippen LogP contribution in [-0.2, 0) is 52.8 Å². The topological polar surface area (TPSA) is 119 Å². The molecule has 2 N–H and O–H groups in total. The molecule has 1 amide bonds. The Morgan fingerprint density at radius 2 is 1.84 bits per heavy atom. The predicted octanol–water partition coefficient (Wildman–Crippen LogP) is 2.45. The number of esters is 1. The second kappa shape index (κ2) is 10.4. The Labute approximate surface area is 261 Å². The summed E-state index contributed by atoms with van der Waals surface area (Å²) in [7, 11) is 0. The van der Waals surface area contributed by atoms with Crippen molar-refractivity contribution in [2.24, 2.45) is 11.3 Å². The number of aliphatic hydroxyl groups is 1. The molecule has 6 fully saturated rings. The highest BCUT2D eigenvalue weighted by Crippen LogP contribution is 2.58. The van der Waals surface area contributed by atoms with Crippen LogP contribution in [0.15, 0.2) is 54.6 Å². The molecular weight excluding hydrogens is 576 g/mol. The summed E-state index contributed by atoms with van der Waals surface area (Å²) in [5.74, 6) is -1.22. The molecule has 7 aliphatic rings. The van der Waals surface area contributed by atoms with Gasteiger partial charge in [-0.05, 0) is 47.4 Å². The maximum absolute atomic E-state index is 14.0. The molecule has 2 saturated carbocycles. The summed E-state index contributed by atoms with van der Waals surface area (Å²) in [6.45, 7) is 0.152. The summed E-state index contributed by atoms with van der Waals surface area (Å²) in [5, 5.41) is 14.0. The van der Waals surface area contributed by atoms with Crippen LogP contribution in [0.25, 0.3) is 6.08 Å². The molecule has 45 heavy (non-hydrogen) atoms. The molecule has 9 rings (SSSR count). The van der Waals surface area contributed by atoms with E-state index < -0.39 is 47.6 Å². The zero-order valence-corrected chi connectivity index (χ0v) is 25.0. The maximum atomic E-state index is 14.0. The Hall–Kier alpha value is -3.12. The molecule has 4 saturated heterocycles. The molecule has 2 bridgehead atoms. The van der Waals surface area contributed by atoms with Crippen LogP contribution < -0.4 is 5.32 Å². The first-order valence-corrected chi connectivity index (χ1v) is 16.3. The lowest BCUT2D eigenvalue weighted by atomic mass is 9.62. The predicted molar refractivity (Wildman–Crippen MR) is 159 cm³/mol. The van der Waals surface area contributed by atoms with Crippen molar-refractivity contribution in [3.05, 3.63) is 76.9 Å². The number of benzene rings is 2. The number of rotatable bonds is 7. The van der Waals surface area contributed by atoms with Gasteiger partial charge in [-0.2, -0.15) is 5.06 Å². The number of fused-ring (bicyclic) bond motifs is 6. The zero-order valence-electron chi connectivity index (χ0n) is 25.0. The fourth-order valence-electron chi connectivity index (χ4n) is 8.93. The van der Waals surface area contributed by atoms with E-state index >= 15 is 0 Å². The van der Waals surface area contributed by atoms with Gasteiger partial charge in [0.25, 0.3) is 0 Å². The van der Waals surface area contributed by atoms with Gasteiger partial charge in [0.1, 0.15) is 29.8 Å². The molecule has 0 aromatic heterocycles. The highest BCUT2D eigenvalue weighted by atomic mass is 16.8. The quantitative estimate of drug-likeness (QED) is 0.358. The van der Waals surface area contributed by atoms with Crippen LogP contribution in [0.4, 0.5) is 0 Å². The van der Waals surface area contributed by atoms with Crippen LogP contribution >= 0.6 is 0 Å². The first-order chi connectivity index (χ1) is 21.9. The second-order valence-corrected chi connectivity index (χ2v) is 13.8. The minimum Gasteiger partial charge on any atom is -0.458 e. The highest BCUT2D eigenvalue weighted by Gasteiger charge is 2.76. The number of carbonyl (C=O) groups excluding carboxylic acids is 2. The van der Waals surface area contributed by atoms with Crippen LogP contribution in [0.3, 0.4) is 0 Å². The van der Waals surface area contributed by atoms with Gasteiger partial charge in [-0.3, -0.25) is 14.4 Å². The third-order valence-corrected chi connectivity index (χ3v) is 11.0. The van der Waals surface area contributed by atoms with E-state index in [0.717, 1.165) is 30.4 Å². The molecule has 4 heterocycles.